The number of amides is 1. The van der Waals surface area contributed by atoms with Crippen LogP contribution in [0.15, 0.2) is 0 Å². The van der Waals surface area contributed by atoms with Crippen molar-refractivity contribution in [3.8, 4) is 0 Å². The Morgan fingerprint density at radius 3 is 2.63 bits per heavy atom. The molecule has 19 heavy (non-hydrogen) atoms. The first-order chi connectivity index (χ1) is 8.83. The number of nitrogens with one attached hydrogen (secondary N) is 1. The summed E-state index contributed by atoms with van der Waals surface area (Å²) < 4.78 is 0. The van der Waals surface area contributed by atoms with Gasteiger partial charge in [-0.2, -0.15) is 0 Å². The highest BCUT2D eigenvalue weighted by molar-refractivity contribution is 5.76. The second-order valence-electron chi connectivity index (χ2n) is 7.51. The lowest BCUT2D eigenvalue weighted by atomic mass is 9.87. The monoisotopic (exact) mass is 267 g/mol. The van der Waals surface area contributed by atoms with Gasteiger partial charge >= 0.3 is 0 Å². The summed E-state index contributed by atoms with van der Waals surface area (Å²) in [6, 6.07) is 1.13. The highest BCUT2D eigenvalue weighted by Crippen LogP contribution is 2.29. The summed E-state index contributed by atoms with van der Waals surface area (Å²) in [5, 5.41) is 3.15. The first-order valence-corrected chi connectivity index (χ1v) is 7.62. The summed E-state index contributed by atoms with van der Waals surface area (Å²) >= 11 is 0. The van der Waals surface area contributed by atoms with Gasteiger partial charge in [0.15, 0.2) is 0 Å². The summed E-state index contributed by atoms with van der Waals surface area (Å²) in [5.74, 6) is 0.124. The van der Waals surface area contributed by atoms with Crippen molar-refractivity contribution in [1.82, 2.24) is 10.2 Å². The van der Waals surface area contributed by atoms with Crippen LogP contribution in [-0.4, -0.2) is 42.0 Å². The number of rotatable bonds is 5. The predicted molar refractivity (Wildman–Crippen MR) is 77.8 cm³/mol. The van der Waals surface area contributed by atoms with Crippen LogP contribution < -0.4 is 11.1 Å². The number of likely N-dealkylation sites (tertiary alicyclic amines) is 1. The summed E-state index contributed by atoms with van der Waals surface area (Å²) in [6.45, 7) is 8.66. The van der Waals surface area contributed by atoms with E-state index in [-0.39, 0.29) is 17.4 Å². The molecule has 3 N–H and O–H groups in total. The Morgan fingerprint density at radius 2 is 2.05 bits per heavy atom. The molecule has 2 rings (SSSR count). The smallest absolute Gasteiger partial charge is 0.221 e. The van der Waals surface area contributed by atoms with E-state index in [4.69, 9.17) is 5.73 Å². The topological polar surface area (TPSA) is 58.4 Å². The average molecular weight is 267 g/mol. The third-order valence-electron chi connectivity index (χ3n) is 3.97. The van der Waals surface area contributed by atoms with Crippen LogP contribution >= 0.6 is 0 Å². The third-order valence-corrected chi connectivity index (χ3v) is 3.97. The van der Waals surface area contributed by atoms with Gasteiger partial charge in [0.05, 0.1) is 0 Å². The van der Waals surface area contributed by atoms with E-state index in [1.165, 1.54) is 12.8 Å². The lowest BCUT2D eigenvalue weighted by Gasteiger charge is -2.23. The van der Waals surface area contributed by atoms with E-state index in [1.54, 1.807) is 0 Å². The molecular weight excluding hydrogens is 238 g/mol. The first-order valence-electron chi connectivity index (χ1n) is 7.62. The van der Waals surface area contributed by atoms with E-state index in [1.807, 2.05) is 0 Å². The van der Waals surface area contributed by atoms with Gasteiger partial charge in [-0.1, -0.05) is 20.8 Å². The molecule has 0 aromatic carbocycles. The van der Waals surface area contributed by atoms with Crippen LogP contribution in [0.4, 0.5) is 0 Å². The van der Waals surface area contributed by atoms with Gasteiger partial charge < -0.3 is 11.1 Å². The molecular formula is C15H29N3O. The molecule has 4 heteroatoms. The quantitative estimate of drug-likeness (QED) is 0.793. The summed E-state index contributed by atoms with van der Waals surface area (Å²) in [5.41, 5.74) is 6.24. The number of hydrogen-bond donors (Lipinski definition) is 2. The van der Waals surface area contributed by atoms with Crippen LogP contribution in [0.2, 0.25) is 0 Å². The predicted octanol–water partition coefficient (Wildman–Crippen LogP) is 1.49. The summed E-state index contributed by atoms with van der Waals surface area (Å²) in [6.07, 6.45) is 5.13. The third kappa shape index (κ3) is 5.11. The molecule has 0 radical (unpaired) electrons. The Balaban J connectivity index is 1.66. The highest BCUT2D eigenvalue weighted by Gasteiger charge is 2.34. The van der Waals surface area contributed by atoms with Crippen LogP contribution in [0, 0.1) is 5.41 Å². The van der Waals surface area contributed by atoms with Gasteiger partial charge in [0, 0.05) is 37.6 Å². The molecule has 0 aromatic rings. The largest absolute Gasteiger partial charge is 0.352 e. The number of hydrogen-bond acceptors (Lipinski definition) is 3. The molecule has 0 bridgehead atoms. The second kappa shape index (κ2) is 5.80. The molecule has 0 spiro atoms. The maximum absolute atomic E-state index is 12.0. The van der Waals surface area contributed by atoms with Gasteiger partial charge in [-0.25, -0.2) is 0 Å². The zero-order valence-corrected chi connectivity index (χ0v) is 12.6. The number of nitrogens with two attached hydrogens (primary N) is 1. The van der Waals surface area contributed by atoms with Crippen molar-refractivity contribution in [3.05, 3.63) is 0 Å². The SMILES string of the molecule is CC(C)(C)CC(N)CC(=O)NC1CCN(C2CC2)C1. The maximum atomic E-state index is 12.0. The molecule has 2 aliphatic rings. The second-order valence-corrected chi connectivity index (χ2v) is 7.51. The molecule has 110 valence electrons. The molecule has 1 aliphatic heterocycles. The van der Waals surface area contributed by atoms with E-state index >= 15 is 0 Å². The zero-order valence-electron chi connectivity index (χ0n) is 12.6. The zero-order chi connectivity index (χ0) is 14.0. The van der Waals surface area contributed by atoms with Crippen molar-refractivity contribution in [2.24, 2.45) is 11.1 Å². The maximum Gasteiger partial charge on any atom is 0.221 e. The van der Waals surface area contributed by atoms with Crippen LogP contribution in [0.5, 0.6) is 0 Å². The van der Waals surface area contributed by atoms with E-state index < -0.39 is 0 Å². The molecule has 4 nitrogen and oxygen atoms in total. The van der Waals surface area contributed by atoms with Crippen molar-refractivity contribution >= 4 is 5.91 Å². The molecule has 1 aliphatic carbocycles. The van der Waals surface area contributed by atoms with Gasteiger partial charge in [0.25, 0.3) is 0 Å². The van der Waals surface area contributed by atoms with Crippen molar-refractivity contribution in [2.45, 2.75) is 71.0 Å². The fourth-order valence-corrected chi connectivity index (χ4v) is 3.06. The van der Waals surface area contributed by atoms with E-state index in [2.05, 4.69) is 31.0 Å². The highest BCUT2D eigenvalue weighted by atomic mass is 16.1. The van der Waals surface area contributed by atoms with Crippen LogP contribution in [0.25, 0.3) is 0 Å². The minimum atomic E-state index is -0.0269. The molecule has 2 unspecified atom stereocenters. The van der Waals surface area contributed by atoms with Gasteiger partial charge in [0.1, 0.15) is 0 Å². The minimum absolute atomic E-state index is 0.0269. The van der Waals surface area contributed by atoms with Crippen molar-refractivity contribution in [1.29, 1.82) is 0 Å². The Morgan fingerprint density at radius 1 is 1.37 bits per heavy atom. The van der Waals surface area contributed by atoms with Gasteiger partial charge in [0.2, 0.25) is 5.91 Å². The van der Waals surface area contributed by atoms with Crippen LogP contribution in [0.3, 0.4) is 0 Å². The first kappa shape index (κ1) is 14.8. The molecule has 1 amide bonds. The summed E-state index contributed by atoms with van der Waals surface area (Å²) in [4.78, 5) is 14.5. The molecule has 1 saturated heterocycles. The molecule has 2 atom stereocenters. The minimum Gasteiger partial charge on any atom is -0.352 e. The van der Waals surface area contributed by atoms with Gasteiger partial charge in [-0.15, -0.1) is 0 Å². The lowest BCUT2D eigenvalue weighted by Crippen LogP contribution is -2.40. The number of nitrogens with zero attached hydrogens (tertiary/aromatic N) is 1. The van der Waals surface area contributed by atoms with E-state index in [0.717, 1.165) is 32.0 Å². The Labute approximate surface area is 117 Å². The average Bonchev–Trinajstić information content (AvgIpc) is 2.97. The van der Waals surface area contributed by atoms with Crippen molar-refractivity contribution < 1.29 is 4.79 Å². The Bertz CT molecular complexity index is 320. The van der Waals surface area contributed by atoms with Crippen LogP contribution in [-0.2, 0) is 4.79 Å². The van der Waals surface area contributed by atoms with Crippen molar-refractivity contribution in [2.75, 3.05) is 13.1 Å². The van der Waals surface area contributed by atoms with Crippen LogP contribution in [0.1, 0.15) is 52.9 Å². The normalized spacial score (nSPS) is 26.4. The van der Waals surface area contributed by atoms with Gasteiger partial charge in [-0.3, -0.25) is 9.69 Å². The number of carbonyl (C=O) groups excluding carboxylic acids is 1. The Hall–Kier alpha value is -0.610. The lowest BCUT2D eigenvalue weighted by molar-refractivity contribution is -0.122. The van der Waals surface area contributed by atoms with Gasteiger partial charge in [-0.05, 0) is 31.1 Å². The fraction of sp³-hybridized carbons (Fsp3) is 0.933. The standard InChI is InChI=1S/C15H29N3O/c1-15(2,3)9-11(16)8-14(19)17-12-6-7-18(10-12)13-4-5-13/h11-13H,4-10,16H2,1-3H3,(H,17,19). The molecule has 0 aromatic heterocycles. The Kier molecular flexibility index (Phi) is 4.51. The fourth-order valence-electron chi connectivity index (χ4n) is 3.06. The summed E-state index contributed by atoms with van der Waals surface area (Å²) in [7, 11) is 0. The van der Waals surface area contributed by atoms with Crippen molar-refractivity contribution in [3.63, 3.8) is 0 Å². The molecule has 2 fully saturated rings. The molecule has 1 saturated carbocycles. The van der Waals surface area contributed by atoms with E-state index in [0.29, 0.717) is 12.5 Å². The number of carbonyl (C=O) groups is 1. The van der Waals surface area contributed by atoms with E-state index in [9.17, 15) is 4.79 Å². The molecule has 1 heterocycles.